The summed E-state index contributed by atoms with van der Waals surface area (Å²) in [6.07, 6.45) is -2.29. The van der Waals surface area contributed by atoms with Gasteiger partial charge in [0.15, 0.2) is 11.4 Å². The molecule has 1 aromatic heterocycles. The maximum absolute atomic E-state index is 13.0. The molecule has 2 amide bonds. The van der Waals surface area contributed by atoms with E-state index >= 15 is 0 Å². The maximum atomic E-state index is 13.0. The van der Waals surface area contributed by atoms with E-state index in [0.717, 1.165) is 33.4 Å². The number of carbonyl (C=O) groups is 2. The van der Waals surface area contributed by atoms with Crippen molar-refractivity contribution in [1.29, 1.82) is 0 Å². The van der Waals surface area contributed by atoms with E-state index < -0.39 is 30.3 Å². The molecule has 0 spiro atoms. The minimum Gasteiger partial charge on any atom is -0.392 e. The van der Waals surface area contributed by atoms with Gasteiger partial charge >= 0.3 is 12.1 Å². The highest BCUT2D eigenvalue weighted by atomic mass is 32.2. The number of carbonyl (C=O) groups excluding carboxylic acids is 2. The summed E-state index contributed by atoms with van der Waals surface area (Å²) in [4.78, 5) is 34.0. The number of benzene rings is 3. The number of nitrogens with one attached hydrogen (secondary N) is 1. The first-order valence-electron chi connectivity index (χ1n) is 16.4. The van der Waals surface area contributed by atoms with Gasteiger partial charge in [0.05, 0.1) is 18.8 Å². The Hall–Kier alpha value is -4.30. The minimum absolute atomic E-state index is 0.0135. The second-order valence-corrected chi connectivity index (χ2v) is 13.3. The Morgan fingerprint density at radius 1 is 0.940 bits per heavy atom. The van der Waals surface area contributed by atoms with Crippen LogP contribution in [0.1, 0.15) is 54.4 Å². The first-order chi connectivity index (χ1) is 24.1. The zero-order valence-electron chi connectivity index (χ0n) is 27.3. The summed E-state index contributed by atoms with van der Waals surface area (Å²) in [6.45, 7) is 2.03. The van der Waals surface area contributed by atoms with Crippen molar-refractivity contribution >= 4 is 23.6 Å². The minimum atomic E-state index is -5.03. The van der Waals surface area contributed by atoms with Crippen molar-refractivity contribution in [3.63, 3.8) is 0 Å². The van der Waals surface area contributed by atoms with Crippen molar-refractivity contribution in [2.75, 3.05) is 12.3 Å². The Labute approximate surface area is 292 Å². The normalized spacial score (nSPS) is 22.3. The number of aromatic nitrogens is 2. The third-order valence-corrected chi connectivity index (χ3v) is 9.95. The summed E-state index contributed by atoms with van der Waals surface area (Å²) >= 11 is 1.51. The van der Waals surface area contributed by atoms with Crippen LogP contribution in [0, 0.1) is 5.92 Å². The van der Waals surface area contributed by atoms with Crippen LogP contribution in [0.5, 0.6) is 0 Å². The standard InChI is InChI=1S/C37H37F3N4O5S/c1-23-31(22-50-36-41-15-5-16-42-36)48-34(49-32(23)26-13-11-24(21-45)12-14-26)29-9-3-8-28(19-29)27-7-2-6-25(18-27)20-43-33(46)30-10-4-17-44(30)35(47)37(38,39)40/h2-3,5-9,11-16,18-19,23,30-32,34,45H,4,10,17,20-22H2,1H3,(H,43,46). The smallest absolute Gasteiger partial charge is 0.392 e. The molecule has 9 nitrogen and oxygen atoms in total. The fraction of sp³-hybridized carbons (Fsp3) is 0.351. The number of aliphatic hydroxyl groups is 1. The summed E-state index contributed by atoms with van der Waals surface area (Å²) in [5.41, 5.74) is 5.09. The highest BCUT2D eigenvalue weighted by Gasteiger charge is 2.47. The topological polar surface area (TPSA) is 114 Å². The quantitative estimate of drug-likeness (QED) is 0.144. The Bertz CT molecular complexity index is 1780. The molecule has 2 fully saturated rings. The first kappa shape index (κ1) is 35.5. The fourth-order valence-corrected chi connectivity index (χ4v) is 7.27. The van der Waals surface area contributed by atoms with Crippen LogP contribution in [0.15, 0.2) is 96.4 Å². The molecular weight excluding hydrogens is 669 g/mol. The van der Waals surface area contributed by atoms with Gasteiger partial charge in [0.1, 0.15) is 6.04 Å². The molecule has 3 aromatic carbocycles. The second-order valence-electron chi connectivity index (χ2n) is 12.4. The molecule has 0 radical (unpaired) electrons. The molecule has 0 aliphatic carbocycles. The van der Waals surface area contributed by atoms with Crippen molar-refractivity contribution in [3.05, 3.63) is 114 Å². The van der Waals surface area contributed by atoms with E-state index in [1.807, 2.05) is 72.8 Å². The number of hydrogen-bond acceptors (Lipinski definition) is 8. The molecule has 50 heavy (non-hydrogen) atoms. The molecule has 262 valence electrons. The van der Waals surface area contributed by atoms with Gasteiger partial charge in [-0.2, -0.15) is 13.2 Å². The van der Waals surface area contributed by atoms with Gasteiger partial charge < -0.3 is 24.8 Å². The van der Waals surface area contributed by atoms with Crippen LogP contribution in [0.3, 0.4) is 0 Å². The Balaban J connectivity index is 1.18. The number of thioether (sulfide) groups is 1. The summed E-state index contributed by atoms with van der Waals surface area (Å²) in [5.74, 6) is -2.01. The third-order valence-electron chi connectivity index (χ3n) is 8.99. The average molecular weight is 707 g/mol. The summed E-state index contributed by atoms with van der Waals surface area (Å²) in [7, 11) is 0. The molecule has 3 heterocycles. The predicted octanol–water partition coefficient (Wildman–Crippen LogP) is 6.39. The molecule has 4 aromatic rings. The largest absolute Gasteiger partial charge is 0.471 e. The lowest BCUT2D eigenvalue weighted by atomic mass is 9.91. The van der Waals surface area contributed by atoms with Crippen LogP contribution in [0.4, 0.5) is 13.2 Å². The number of hydrogen-bond donors (Lipinski definition) is 2. The highest BCUT2D eigenvalue weighted by Crippen LogP contribution is 2.43. The lowest BCUT2D eigenvalue weighted by Crippen LogP contribution is -2.50. The number of ether oxygens (including phenoxy) is 2. The van der Waals surface area contributed by atoms with Gasteiger partial charge in [-0.1, -0.05) is 79.3 Å². The molecule has 2 aliphatic heterocycles. The van der Waals surface area contributed by atoms with E-state index in [-0.39, 0.29) is 44.2 Å². The van der Waals surface area contributed by atoms with Gasteiger partial charge in [-0.05, 0) is 58.9 Å². The number of halogens is 3. The number of likely N-dealkylation sites (tertiary alicyclic amines) is 1. The zero-order valence-corrected chi connectivity index (χ0v) is 28.1. The van der Waals surface area contributed by atoms with Crippen LogP contribution >= 0.6 is 11.8 Å². The molecule has 6 rings (SSSR count). The molecule has 13 heteroatoms. The van der Waals surface area contributed by atoms with Gasteiger partial charge in [0.2, 0.25) is 5.91 Å². The van der Waals surface area contributed by atoms with Crippen LogP contribution < -0.4 is 5.32 Å². The average Bonchev–Trinajstić information content (AvgIpc) is 3.63. The molecular formula is C37H37F3N4O5S. The summed E-state index contributed by atoms with van der Waals surface area (Å²) < 4.78 is 52.4. The molecule has 5 unspecified atom stereocenters. The van der Waals surface area contributed by atoms with Gasteiger partial charge in [0.25, 0.3) is 0 Å². The first-order valence-corrected chi connectivity index (χ1v) is 17.3. The molecule has 2 aliphatic rings. The second kappa shape index (κ2) is 15.7. The lowest BCUT2D eigenvalue weighted by molar-refractivity contribution is -0.268. The summed E-state index contributed by atoms with van der Waals surface area (Å²) in [5, 5.41) is 12.9. The summed E-state index contributed by atoms with van der Waals surface area (Å²) in [6, 6.07) is 23.7. The number of aliphatic hydroxyl groups excluding tert-OH is 1. The van der Waals surface area contributed by atoms with Crippen molar-refractivity contribution < 1.29 is 37.3 Å². The molecule has 5 atom stereocenters. The molecule has 0 saturated carbocycles. The van der Waals surface area contributed by atoms with Crippen molar-refractivity contribution in [2.45, 2.75) is 68.8 Å². The van der Waals surface area contributed by atoms with Crippen molar-refractivity contribution in [2.24, 2.45) is 5.92 Å². The van der Waals surface area contributed by atoms with Crippen molar-refractivity contribution in [1.82, 2.24) is 20.2 Å². The SMILES string of the molecule is CC1C(CSc2ncccn2)OC(c2cccc(-c3cccc(CNC(=O)C4CCCN4C(=O)C(F)(F)F)c3)c2)OC1c1ccc(CO)cc1. The van der Waals surface area contributed by atoms with E-state index in [4.69, 9.17) is 9.47 Å². The molecule has 2 saturated heterocycles. The van der Waals surface area contributed by atoms with Crippen LogP contribution in [0.25, 0.3) is 11.1 Å². The molecule has 0 bridgehead atoms. The maximum Gasteiger partial charge on any atom is 0.471 e. The predicted molar refractivity (Wildman–Crippen MR) is 180 cm³/mol. The Morgan fingerprint density at radius 2 is 1.66 bits per heavy atom. The number of rotatable bonds is 10. The van der Waals surface area contributed by atoms with E-state index in [0.29, 0.717) is 22.2 Å². The lowest BCUT2D eigenvalue weighted by Gasteiger charge is -2.41. The van der Waals surface area contributed by atoms with Crippen LogP contribution in [-0.2, 0) is 32.2 Å². The van der Waals surface area contributed by atoms with Gasteiger partial charge in [-0.3, -0.25) is 9.59 Å². The van der Waals surface area contributed by atoms with Gasteiger partial charge in [0, 0.05) is 42.7 Å². The van der Waals surface area contributed by atoms with Gasteiger partial charge in [-0.25, -0.2) is 9.97 Å². The Kier molecular flexibility index (Phi) is 11.2. The van der Waals surface area contributed by atoms with E-state index in [2.05, 4.69) is 22.2 Å². The van der Waals surface area contributed by atoms with Crippen LogP contribution in [-0.4, -0.2) is 62.4 Å². The number of nitrogens with zero attached hydrogens (tertiary/aromatic N) is 3. The zero-order chi connectivity index (χ0) is 35.3. The highest BCUT2D eigenvalue weighted by molar-refractivity contribution is 7.99. The number of amides is 2. The van der Waals surface area contributed by atoms with E-state index in [9.17, 15) is 27.9 Å². The van der Waals surface area contributed by atoms with E-state index in [1.165, 1.54) is 11.8 Å². The molecule has 2 N–H and O–H groups in total. The Morgan fingerprint density at radius 3 is 2.38 bits per heavy atom. The van der Waals surface area contributed by atoms with E-state index in [1.54, 1.807) is 18.5 Å². The van der Waals surface area contributed by atoms with Crippen LogP contribution in [0.2, 0.25) is 0 Å². The van der Waals surface area contributed by atoms with Gasteiger partial charge in [-0.15, -0.1) is 0 Å². The van der Waals surface area contributed by atoms with Crippen molar-refractivity contribution in [3.8, 4) is 11.1 Å². The fourth-order valence-electron chi connectivity index (χ4n) is 6.30. The monoisotopic (exact) mass is 706 g/mol. The number of alkyl halides is 3. The third kappa shape index (κ3) is 8.35.